The van der Waals surface area contributed by atoms with Crippen LogP contribution in [0.3, 0.4) is 0 Å². The maximum absolute atomic E-state index is 14.0. The van der Waals surface area contributed by atoms with Crippen molar-refractivity contribution in [2.75, 3.05) is 41.3 Å². The van der Waals surface area contributed by atoms with Crippen LogP contribution in [0.1, 0.15) is 11.1 Å². The fourth-order valence-electron chi connectivity index (χ4n) is 3.52. The molecule has 144 valence electrons. The number of halogens is 1. The summed E-state index contributed by atoms with van der Waals surface area (Å²) in [7, 11) is 0. The van der Waals surface area contributed by atoms with Crippen LogP contribution in [0.2, 0.25) is 0 Å². The molecule has 28 heavy (non-hydrogen) atoms. The van der Waals surface area contributed by atoms with E-state index in [-0.39, 0.29) is 5.82 Å². The highest BCUT2D eigenvalue weighted by Gasteiger charge is 2.21. The smallest absolute Gasteiger partial charge is 0.227 e. The number of nitrogens with zero attached hydrogens (tertiary/aromatic N) is 4. The third-order valence-electron chi connectivity index (χ3n) is 5.04. The summed E-state index contributed by atoms with van der Waals surface area (Å²) in [6, 6.07) is 15.1. The van der Waals surface area contributed by atoms with Gasteiger partial charge in [0.15, 0.2) is 0 Å². The van der Waals surface area contributed by atoms with Crippen molar-refractivity contribution < 1.29 is 4.39 Å². The average Bonchev–Trinajstić information content (AvgIpc) is 2.71. The van der Waals surface area contributed by atoms with Crippen molar-refractivity contribution in [1.29, 1.82) is 0 Å². The lowest BCUT2D eigenvalue weighted by atomic mass is 10.1. The van der Waals surface area contributed by atoms with Crippen molar-refractivity contribution >= 4 is 23.1 Å². The molecule has 0 radical (unpaired) electrons. The van der Waals surface area contributed by atoms with Crippen LogP contribution in [0.4, 0.5) is 27.5 Å². The molecule has 3 aromatic rings. The first kappa shape index (κ1) is 18.2. The molecule has 1 aliphatic heterocycles. The van der Waals surface area contributed by atoms with Gasteiger partial charge in [0.1, 0.15) is 11.6 Å². The van der Waals surface area contributed by atoms with Crippen LogP contribution in [-0.2, 0) is 0 Å². The van der Waals surface area contributed by atoms with Gasteiger partial charge in [-0.15, -0.1) is 0 Å². The van der Waals surface area contributed by atoms with Gasteiger partial charge in [-0.25, -0.2) is 9.37 Å². The minimum absolute atomic E-state index is 0.174. The largest absolute Gasteiger partial charge is 0.366 e. The number of nitrogens with one attached hydrogen (secondary N) is 1. The van der Waals surface area contributed by atoms with Crippen LogP contribution in [0.25, 0.3) is 0 Å². The van der Waals surface area contributed by atoms with E-state index in [0.717, 1.165) is 37.7 Å². The van der Waals surface area contributed by atoms with Crippen LogP contribution in [-0.4, -0.2) is 36.1 Å². The Balaban J connectivity index is 1.44. The summed E-state index contributed by atoms with van der Waals surface area (Å²) in [4.78, 5) is 13.3. The minimum atomic E-state index is -0.174. The van der Waals surface area contributed by atoms with E-state index in [1.54, 1.807) is 12.3 Å². The second kappa shape index (κ2) is 7.84. The van der Waals surface area contributed by atoms with Crippen molar-refractivity contribution in [3.63, 3.8) is 0 Å². The molecule has 2 aromatic carbocycles. The Kier molecular flexibility index (Phi) is 5.10. The number of para-hydroxylation sites is 1. The molecule has 5 nitrogen and oxygen atoms in total. The number of aromatic nitrogens is 2. The van der Waals surface area contributed by atoms with Crippen LogP contribution < -0.4 is 15.1 Å². The number of anilines is 4. The maximum atomic E-state index is 14.0. The Morgan fingerprint density at radius 3 is 2.43 bits per heavy atom. The second-order valence-electron chi connectivity index (χ2n) is 7.11. The Bertz CT molecular complexity index is 967. The zero-order chi connectivity index (χ0) is 19.5. The monoisotopic (exact) mass is 377 g/mol. The van der Waals surface area contributed by atoms with Crippen molar-refractivity contribution in [3.05, 3.63) is 71.7 Å². The average molecular weight is 377 g/mol. The Morgan fingerprint density at radius 1 is 0.929 bits per heavy atom. The highest BCUT2D eigenvalue weighted by atomic mass is 19.1. The van der Waals surface area contributed by atoms with Gasteiger partial charge >= 0.3 is 0 Å². The third-order valence-corrected chi connectivity index (χ3v) is 5.04. The zero-order valence-electron chi connectivity index (χ0n) is 16.2. The van der Waals surface area contributed by atoms with Crippen molar-refractivity contribution in [2.45, 2.75) is 13.8 Å². The number of hydrogen-bond acceptors (Lipinski definition) is 5. The summed E-state index contributed by atoms with van der Waals surface area (Å²) in [5.74, 6) is 1.29. The highest BCUT2D eigenvalue weighted by molar-refractivity contribution is 5.61. The molecule has 1 aliphatic rings. The predicted molar refractivity (Wildman–Crippen MR) is 112 cm³/mol. The predicted octanol–water partition coefficient (Wildman–Crippen LogP) is 4.30. The summed E-state index contributed by atoms with van der Waals surface area (Å²) in [6.45, 7) is 7.14. The maximum Gasteiger partial charge on any atom is 0.227 e. The van der Waals surface area contributed by atoms with Gasteiger partial charge in [0, 0.05) is 38.1 Å². The molecule has 0 atom stereocenters. The topological polar surface area (TPSA) is 44.3 Å². The minimum Gasteiger partial charge on any atom is -0.366 e. The van der Waals surface area contributed by atoms with Crippen LogP contribution in [0, 0.1) is 19.7 Å². The lowest BCUT2D eigenvalue weighted by Gasteiger charge is -2.36. The van der Waals surface area contributed by atoms with Gasteiger partial charge in [-0.1, -0.05) is 29.8 Å². The highest BCUT2D eigenvalue weighted by Crippen LogP contribution is 2.23. The normalized spacial score (nSPS) is 14.2. The summed E-state index contributed by atoms with van der Waals surface area (Å²) in [5.41, 5.74) is 4.12. The number of aryl methyl sites for hydroxylation is 2. The van der Waals surface area contributed by atoms with Gasteiger partial charge in [0.2, 0.25) is 5.95 Å². The van der Waals surface area contributed by atoms with Gasteiger partial charge in [0.25, 0.3) is 0 Å². The van der Waals surface area contributed by atoms with Crippen molar-refractivity contribution in [2.24, 2.45) is 0 Å². The van der Waals surface area contributed by atoms with Crippen LogP contribution >= 0.6 is 0 Å². The molecule has 0 amide bonds. The number of benzene rings is 2. The first-order valence-electron chi connectivity index (χ1n) is 9.52. The SMILES string of the molecule is Cc1ccc(Nc2ccnc(N3CCN(c4ccccc4F)CC3)n2)c(C)c1. The molecule has 0 saturated carbocycles. The molecule has 0 bridgehead atoms. The molecular formula is C22H24FN5. The second-order valence-corrected chi connectivity index (χ2v) is 7.11. The van der Waals surface area contributed by atoms with Crippen molar-refractivity contribution in [1.82, 2.24) is 9.97 Å². The van der Waals surface area contributed by atoms with Gasteiger partial charge in [-0.05, 0) is 43.7 Å². The molecule has 0 unspecified atom stereocenters. The molecule has 1 N–H and O–H groups in total. The Labute approximate surface area is 164 Å². The van der Waals surface area contributed by atoms with Crippen LogP contribution in [0.15, 0.2) is 54.7 Å². The van der Waals surface area contributed by atoms with E-state index in [0.29, 0.717) is 11.6 Å². The van der Waals surface area contributed by atoms with Gasteiger partial charge < -0.3 is 15.1 Å². The molecule has 6 heteroatoms. The standard InChI is InChI=1S/C22H24FN5/c1-16-7-8-19(17(2)15-16)25-21-9-10-24-22(26-21)28-13-11-27(12-14-28)20-6-4-3-5-18(20)23/h3-10,15H,11-14H2,1-2H3,(H,24,25,26). The van der Waals surface area contributed by atoms with Gasteiger partial charge in [-0.3, -0.25) is 0 Å². The van der Waals surface area contributed by atoms with E-state index in [1.807, 2.05) is 18.2 Å². The first-order valence-corrected chi connectivity index (χ1v) is 9.52. The molecule has 1 saturated heterocycles. The van der Waals surface area contributed by atoms with E-state index in [1.165, 1.54) is 17.2 Å². The van der Waals surface area contributed by atoms with Crippen molar-refractivity contribution in [3.8, 4) is 0 Å². The summed E-state index contributed by atoms with van der Waals surface area (Å²) < 4.78 is 14.0. The zero-order valence-corrected chi connectivity index (χ0v) is 16.2. The first-order chi connectivity index (χ1) is 13.6. The number of hydrogen-bond donors (Lipinski definition) is 1. The molecule has 0 aliphatic carbocycles. The fraction of sp³-hybridized carbons (Fsp3) is 0.273. The van der Waals surface area contributed by atoms with E-state index in [2.05, 4.69) is 57.1 Å². The number of rotatable bonds is 4. The molecule has 1 fully saturated rings. The summed E-state index contributed by atoms with van der Waals surface area (Å²) in [6.07, 6.45) is 1.78. The van der Waals surface area contributed by atoms with E-state index >= 15 is 0 Å². The van der Waals surface area contributed by atoms with Gasteiger partial charge in [0.05, 0.1) is 5.69 Å². The quantitative estimate of drug-likeness (QED) is 0.734. The molecular weight excluding hydrogens is 353 g/mol. The van der Waals surface area contributed by atoms with Gasteiger partial charge in [-0.2, -0.15) is 4.98 Å². The Morgan fingerprint density at radius 2 is 1.68 bits per heavy atom. The Hall–Kier alpha value is -3.15. The fourth-order valence-corrected chi connectivity index (χ4v) is 3.52. The molecule has 2 heterocycles. The molecule has 0 spiro atoms. The lowest BCUT2D eigenvalue weighted by molar-refractivity contribution is 0.594. The molecule has 4 rings (SSSR count). The van der Waals surface area contributed by atoms with E-state index in [4.69, 9.17) is 0 Å². The lowest BCUT2D eigenvalue weighted by Crippen LogP contribution is -2.47. The van der Waals surface area contributed by atoms with E-state index in [9.17, 15) is 4.39 Å². The van der Waals surface area contributed by atoms with Crippen LogP contribution in [0.5, 0.6) is 0 Å². The molecule has 1 aromatic heterocycles. The summed E-state index contributed by atoms with van der Waals surface area (Å²) >= 11 is 0. The number of piperazine rings is 1. The van der Waals surface area contributed by atoms with E-state index < -0.39 is 0 Å². The summed E-state index contributed by atoms with van der Waals surface area (Å²) in [5, 5.41) is 3.38. The third kappa shape index (κ3) is 3.91.